The molecule has 0 aliphatic rings. The van der Waals surface area contributed by atoms with Crippen molar-refractivity contribution in [1.29, 1.82) is 0 Å². The number of carboxylic acids is 1. The lowest BCUT2D eigenvalue weighted by atomic mass is 10.1. The molecule has 9 nitrogen and oxygen atoms in total. The second-order valence-electron chi connectivity index (χ2n) is 7.71. The van der Waals surface area contributed by atoms with Crippen LogP contribution in [0.2, 0.25) is 0 Å². The quantitative estimate of drug-likeness (QED) is 0.778. The molecule has 1 aromatic carbocycles. The Balaban J connectivity index is 2.23. The van der Waals surface area contributed by atoms with Gasteiger partial charge < -0.3 is 19.7 Å². The molecule has 156 valence electrons. The van der Waals surface area contributed by atoms with Gasteiger partial charge in [0.2, 0.25) is 0 Å². The molecule has 2 N–H and O–H groups in total. The predicted molar refractivity (Wildman–Crippen MR) is 107 cm³/mol. The second kappa shape index (κ2) is 8.34. The van der Waals surface area contributed by atoms with Crippen LogP contribution in [-0.4, -0.2) is 37.9 Å². The number of hydrogen-bond acceptors (Lipinski definition) is 5. The summed E-state index contributed by atoms with van der Waals surface area (Å²) in [6, 6.07) is 6.49. The number of ether oxygens (including phenoxy) is 1. The zero-order valence-electron chi connectivity index (χ0n) is 17.1. The van der Waals surface area contributed by atoms with E-state index in [1.165, 1.54) is 10.6 Å². The van der Waals surface area contributed by atoms with Crippen molar-refractivity contribution < 1.29 is 19.4 Å². The van der Waals surface area contributed by atoms with Gasteiger partial charge in [-0.2, -0.15) is 0 Å². The molecule has 0 aliphatic carbocycles. The van der Waals surface area contributed by atoms with Crippen molar-refractivity contribution in [2.45, 2.75) is 45.8 Å². The smallest absolute Gasteiger partial charge is 0.408 e. The van der Waals surface area contributed by atoms with Crippen molar-refractivity contribution in [3.8, 4) is 5.69 Å². The molecular formula is C20H25N3O6. The van der Waals surface area contributed by atoms with Crippen molar-refractivity contribution >= 4 is 12.1 Å². The Morgan fingerprint density at radius 2 is 1.76 bits per heavy atom. The molecule has 0 fully saturated rings. The topological polar surface area (TPSA) is 120 Å². The first kappa shape index (κ1) is 21.9. The highest BCUT2D eigenvalue weighted by molar-refractivity contribution is 5.80. The molecule has 0 spiro atoms. The SMILES string of the molecule is Cc1cc(=O)n(-c2ccc(C[C@H](NC(=O)OC(C)(C)C)C(=O)O)cc2)c(=O)n1C. The van der Waals surface area contributed by atoms with E-state index in [1.54, 1.807) is 59.0 Å². The van der Waals surface area contributed by atoms with Gasteiger partial charge >= 0.3 is 17.8 Å². The Morgan fingerprint density at radius 3 is 2.28 bits per heavy atom. The fourth-order valence-corrected chi connectivity index (χ4v) is 2.64. The molecule has 9 heteroatoms. The van der Waals surface area contributed by atoms with Crippen LogP contribution < -0.4 is 16.6 Å². The van der Waals surface area contributed by atoms with Gasteiger partial charge in [-0.05, 0) is 45.4 Å². The minimum atomic E-state index is -1.21. The van der Waals surface area contributed by atoms with E-state index in [-0.39, 0.29) is 6.42 Å². The number of aromatic nitrogens is 2. The maximum Gasteiger partial charge on any atom is 0.408 e. The second-order valence-corrected chi connectivity index (χ2v) is 7.71. The Bertz CT molecular complexity index is 1030. The summed E-state index contributed by atoms with van der Waals surface area (Å²) in [5.41, 5.74) is -0.153. The number of carbonyl (C=O) groups excluding carboxylic acids is 1. The van der Waals surface area contributed by atoms with Gasteiger partial charge in [0.05, 0.1) is 5.69 Å². The number of aliphatic carboxylic acids is 1. The minimum absolute atomic E-state index is 0.00959. The molecule has 1 atom stereocenters. The lowest BCUT2D eigenvalue weighted by Crippen LogP contribution is -2.44. The lowest BCUT2D eigenvalue weighted by molar-refractivity contribution is -0.139. The Hall–Kier alpha value is -3.36. The van der Waals surface area contributed by atoms with Gasteiger partial charge in [0, 0.05) is 25.2 Å². The van der Waals surface area contributed by atoms with Crippen molar-refractivity contribution in [3.05, 3.63) is 62.4 Å². The van der Waals surface area contributed by atoms with Crippen LogP contribution in [-0.2, 0) is 23.0 Å². The summed E-state index contributed by atoms with van der Waals surface area (Å²) in [7, 11) is 1.57. The van der Waals surface area contributed by atoms with Crippen LogP contribution in [0, 0.1) is 6.92 Å². The van der Waals surface area contributed by atoms with Gasteiger partial charge in [-0.15, -0.1) is 0 Å². The highest BCUT2D eigenvalue weighted by Gasteiger charge is 2.24. The number of benzene rings is 1. The molecule has 0 unspecified atom stereocenters. The monoisotopic (exact) mass is 403 g/mol. The predicted octanol–water partition coefficient (Wildman–Crippen LogP) is 1.37. The van der Waals surface area contributed by atoms with Crippen LogP contribution in [0.3, 0.4) is 0 Å². The van der Waals surface area contributed by atoms with E-state index in [0.717, 1.165) is 4.57 Å². The van der Waals surface area contributed by atoms with E-state index in [9.17, 15) is 24.3 Å². The first-order valence-electron chi connectivity index (χ1n) is 9.00. The summed E-state index contributed by atoms with van der Waals surface area (Å²) in [4.78, 5) is 48.0. The van der Waals surface area contributed by atoms with Gasteiger partial charge in [0.1, 0.15) is 11.6 Å². The number of alkyl carbamates (subject to hydrolysis) is 1. The summed E-state index contributed by atoms with van der Waals surface area (Å²) < 4.78 is 7.49. The Morgan fingerprint density at radius 1 is 1.17 bits per heavy atom. The number of carboxylic acid groups (broad SMARTS) is 1. The van der Waals surface area contributed by atoms with E-state index < -0.39 is 35.0 Å². The average Bonchev–Trinajstić information content (AvgIpc) is 2.59. The highest BCUT2D eigenvalue weighted by Crippen LogP contribution is 2.11. The van der Waals surface area contributed by atoms with E-state index in [4.69, 9.17) is 4.74 Å². The van der Waals surface area contributed by atoms with E-state index in [1.807, 2.05) is 0 Å². The van der Waals surface area contributed by atoms with Crippen molar-refractivity contribution in [2.24, 2.45) is 7.05 Å². The number of aryl methyl sites for hydroxylation is 1. The molecule has 2 aromatic rings. The summed E-state index contributed by atoms with van der Waals surface area (Å²) >= 11 is 0. The largest absolute Gasteiger partial charge is 0.480 e. The first-order valence-corrected chi connectivity index (χ1v) is 9.00. The third-order valence-electron chi connectivity index (χ3n) is 4.18. The minimum Gasteiger partial charge on any atom is -0.480 e. The summed E-state index contributed by atoms with van der Waals surface area (Å²) in [6.45, 7) is 6.70. The molecule has 0 saturated carbocycles. The normalized spacial score (nSPS) is 12.3. The van der Waals surface area contributed by atoms with Crippen LogP contribution in [0.25, 0.3) is 5.69 Å². The van der Waals surface area contributed by atoms with Crippen LogP contribution >= 0.6 is 0 Å². The van der Waals surface area contributed by atoms with Gasteiger partial charge in [0.15, 0.2) is 0 Å². The van der Waals surface area contributed by atoms with Crippen molar-refractivity contribution in [2.75, 3.05) is 0 Å². The standard InChI is InChI=1S/C20H25N3O6/c1-12-10-16(24)23(19(28)22(12)5)14-8-6-13(7-9-14)11-15(17(25)26)21-18(27)29-20(2,3)4/h6-10,15H,11H2,1-5H3,(H,21,27)(H,25,26)/t15-/m0/s1. The summed E-state index contributed by atoms with van der Waals surface area (Å²) in [6.07, 6.45) is -0.813. The lowest BCUT2D eigenvalue weighted by Gasteiger charge is -2.22. The number of hydrogen-bond donors (Lipinski definition) is 2. The molecule has 1 heterocycles. The third-order valence-corrected chi connectivity index (χ3v) is 4.18. The van der Waals surface area contributed by atoms with Gasteiger partial charge in [-0.1, -0.05) is 12.1 Å². The molecule has 0 radical (unpaired) electrons. The fraction of sp³-hybridized carbons (Fsp3) is 0.400. The third kappa shape index (κ3) is 5.56. The fourth-order valence-electron chi connectivity index (χ4n) is 2.64. The highest BCUT2D eigenvalue weighted by atomic mass is 16.6. The maximum atomic E-state index is 12.4. The number of nitrogens with zero attached hydrogens (tertiary/aromatic N) is 2. The summed E-state index contributed by atoms with van der Waals surface area (Å²) in [5, 5.41) is 11.7. The van der Waals surface area contributed by atoms with E-state index in [2.05, 4.69) is 5.32 Å². The van der Waals surface area contributed by atoms with E-state index in [0.29, 0.717) is 16.9 Å². The van der Waals surface area contributed by atoms with E-state index >= 15 is 0 Å². The molecule has 0 aliphatic heterocycles. The summed E-state index contributed by atoms with van der Waals surface area (Å²) in [5.74, 6) is -1.21. The van der Waals surface area contributed by atoms with Crippen molar-refractivity contribution in [1.82, 2.24) is 14.5 Å². The van der Waals surface area contributed by atoms with Crippen LogP contribution in [0.1, 0.15) is 32.0 Å². The zero-order chi connectivity index (χ0) is 21.9. The molecule has 1 amide bonds. The molecule has 2 rings (SSSR count). The number of amides is 1. The maximum absolute atomic E-state index is 12.4. The number of nitrogens with one attached hydrogen (secondary N) is 1. The molecule has 1 aromatic heterocycles. The molecule has 29 heavy (non-hydrogen) atoms. The number of rotatable bonds is 5. The van der Waals surface area contributed by atoms with Crippen molar-refractivity contribution in [3.63, 3.8) is 0 Å². The van der Waals surface area contributed by atoms with Crippen LogP contribution in [0.5, 0.6) is 0 Å². The molecular weight excluding hydrogens is 378 g/mol. The van der Waals surface area contributed by atoms with Crippen LogP contribution in [0.4, 0.5) is 4.79 Å². The number of carbonyl (C=O) groups is 2. The van der Waals surface area contributed by atoms with Gasteiger partial charge in [0.25, 0.3) is 5.56 Å². The van der Waals surface area contributed by atoms with Gasteiger partial charge in [-0.25, -0.2) is 19.0 Å². The van der Waals surface area contributed by atoms with Gasteiger partial charge in [-0.3, -0.25) is 4.79 Å². The Kier molecular flexibility index (Phi) is 6.31. The average molecular weight is 403 g/mol. The molecule has 0 bridgehead atoms. The first-order chi connectivity index (χ1) is 13.4. The Labute approximate surface area is 167 Å². The zero-order valence-corrected chi connectivity index (χ0v) is 17.1. The van der Waals surface area contributed by atoms with Crippen LogP contribution in [0.15, 0.2) is 39.9 Å². The molecule has 0 saturated heterocycles.